The Hall–Kier alpha value is 5.52. The van der Waals surface area contributed by atoms with Crippen LogP contribution in [0, 0.1) is 0 Å². The van der Waals surface area contributed by atoms with Crippen molar-refractivity contribution in [3.63, 3.8) is 0 Å². The minimum absolute atomic E-state index is 0. The van der Waals surface area contributed by atoms with Gasteiger partial charge >= 0.3 is 178 Å². The second-order valence-corrected chi connectivity index (χ2v) is 11.5. The van der Waals surface area contributed by atoms with Crippen LogP contribution in [-0.2, 0) is 18.3 Å². The monoisotopic (exact) mass is 551 g/mol. The van der Waals surface area contributed by atoms with Crippen LogP contribution in [0.3, 0.4) is 0 Å². The van der Waals surface area contributed by atoms with E-state index in [0.717, 1.165) is 0 Å². The second-order valence-electron chi connectivity index (χ2n) is 5.01. The summed E-state index contributed by atoms with van der Waals surface area (Å²) in [4.78, 5) is 72.3. The van der Waals surface area contributed by atoms with Crippen LogP contribution >= 0.6 is 30.4 Å². The van der Waals surface area contributed by atoms with Crippen LogP contribution < -0.4 is 148 Å². The van der Waals surface area contributed by atoms with Gasteiger partial charge in [-0.2, -0.15) is 0 Å². The Balaban J connectivity index is -0.000000264. The molecule has 0 heterocycles. The van der Waals surface area contributed by atoms with E-state index < -0.39 is 68.6 Å². The van der Waals surface area contributed by atoms with E-state index in [1.165, 1.54) is 0 Å². The molecule has 0 saturated carbocycles. The van der Waals surface area contributed by atoms with Gasteiger partial charge in [0.2, 0.25) is 0 Å². The molecule has 146 valence electrons. The van der Waals surface area contributed by atoms with Gasteiger partial charge in [0, 0.05) is 13.1 Å². The molecule has 0 amide bonds. The fourth-order valence-electron chi connectivity index (χ4n) is 1.70. The van der Waals surface area contributed by atoms with E-state index in [-0.39, 0.29) is 148 Å². The number of hydrogen-bond acceptors (Lipinski definition) is 6. The molecule has 0 aromatic heterocycles. The van der Waals surface area contributed by atoms with Crippen molar-refractivity contribution < 1.29 is 205 Å². The van der Waals surface area contributed by atoms with E-state index in [1.807, 2.05) is 0 Å². The van der Waals surface area contributed by atoms with Gasteiger partial charge in [0.1, 0.15) is 25.1 Å². The van der Waals surface area contributed by atoms with E-state index in [2.05, 4.69) is 0 Å². The van der Waals surface area contributed by atoms with Crippen LogP contribution in [0.2, 0.25) is 0 Å². The summed E-state index contributed by atoms with van der Waals surface area (Å²) >= 11 is 0. The molecule has 0 aromatic carbocycles. The van der Waals surface area contributed by atoms with Gasteiger partial charge in [0.25, 0.3) is 0 Å². The first kappa shape index (κ1) is 47.7. The minimum Gasteiger partial charge on any atom is -0.324 e. The second kappa shape index (κ2) is 20.6. The van der Waals surface area contributed by atoms with Gasteiger partial charge in [-0.15, -0.1) is 0 Å². The van der Waals surface area contributed by atoms with Gasteiger partial charge in [-0.1, -0.05) is 0 Å². The van der Waals surface area contributed by atoms with Crippen molar-refractivity contribution in [2.45, 2.75) is 0 Å². The molecule has 0 spiro atoms. The van der Waals surface area contributed by atoms with Crippen LogP contribution in [0.15, 0.2) is 0 Å². The Morgan fingerprint density at radius 3 is 0.655 bits per heavy atom. The number of hydrogen-bond donors (Lipinski definition) is 8. The van der Waals surface area contributed by atoms with Gasteiger partial charge in [-0.3, -0.25) is 28.1 Å². The van der Waals surface area contributed by atoms with Crippen LogP contribution in [0.25, 0.3) is 0 Å². The molecular weight excluding hydrogens is 531 g/mol. The third-order valence-electron chi connectivity index (χ3n) is 2.27. The van der Waals surface area contributed by atoms with E-state index in [1.54, 1.807) is 0 Å². The van der Waals surface area contributed by atoms with Gasteiger partial charge in [-0.05, 0) is 0 Å². The molecule has 14 nitrogen and oxygen atoms in total. The van der Waals surface area contributed by atoms with Crippen LogP contribution in [0.1, 0.15) is 0 Å². The number of rotatable bonds is 11. The first-order valence-electron chi connectivity index (χ1n) is 5.99. The van der Waals surface area contributed by atoms with Crippen molar-refractivity contribution in [1.82, 2.24) is 9.80 Å². The normalized spacial score (nSPS) is 12.1. The average Bonchev–Trinajstić information content (AvgIpc) is 2.16. The summed E-state index contributed by atoms with van der Waals surface area (Å²) in [6, 6.07) is 0. The Labute approximate surface area is 278 Å². The van der Waals surface area contributed by atoms with Crippen molar-refractivity contribution in [1.29, 1.82) is 0 Å². The largest absolute Gasteiger partial charge is 1.00 e. The van der Waals surface area contributed by atoms with Crippen molar-refractivity contribution >= 4 is 30.4 Å². The number of nitrogens with zero attached hydrogens (tertiary/aromatic N) is 2. The fraction of sp³-hybridized carbons (Fsp3) is 1.00. The molecule has 8 N–H and O–H groups in total. The van der Waals surface area contributed by atoms with Crippen molar-refractivity contribution in [3.8, 4) is 0 Å². The summed E-state index contributed by atoms with van der Waals surface area (Å²) in [7, 11) is -18.8. The zero-order valence-electron chi connectivity index (χ0n) is 17.1. The summed E-state index contributed by atoms with van der Waals surface area (Å²) < 4.78 is 43.9. The molecule has 0 atom stereocenters. The van der Waals surface area contributed by atoms with Crippen molar-refractivity contribution in [2.24, 2.45) is 0 Å². The van der Waals surface area contributed by atoms with E-state index >= 15 is 0 Å². The Bertz CT molecular complexity index is 506. The maximum absolute atomic E-state index is 11.0. The summed E-state index contributed by atoms with van der Waals surface area (Å²) in [6.45, 7) is -1.01. The van der Waals surface area contributed by atoms with E-state index in [4.69, 9.17) is 39.1 Å². The maximum atomic E-state index is 11.0. The maximum Gasteiger partial charge on any atom is 1.00 e. The first-order valence-corrected chi connectivity index (χ1v) is 13.2. The van der Waals surface area contributed by atoms with Gasteiger partial charge in [0.05, 0.1) is 0 Å². The van der Waals surface area contributed by atoms with E-state index in [0.29, 0.717) is 9.80 Å². The van der Waals surface area contributed by atoms with Gasteiger partial charge in [-0.25, -0.2) is 0 Å². The molecule has 23 heteroatoms. The average molecular weight is 551 g/mol. The predicted molar refractivity (Wildman–Crippen MR) is 81.1 cm³/mol. The van der Waals surface area contributed by atoms with Crippen LogP contribution in [0.4, 0.5) is 0 Å². The molecule has 0 aliphatic heterocycles. The SMILES string of the molecule is O=P(O)(O)CN(CCN(CP(=O)(O)O)CP(=O)(O)O)CP(=O)(O)O.[Na+].[Na+].[Na+].[Na+].[Na+]. The minimum atomic E-state index is -4.69. The summed E-state index contributed by atoms with van der Waals surface area (Å²) in [5, 5.41) is 0. The van der Waals surface area contributed by atoms with Gasteiger partial charge in [0.15, 0.2) is 0 Å². The third kappa shape index (κ3) is 35.8. The van der Waals surface area contributed by atoms with Crippen LogP contribution in [-0.4, -0.2) is 87.2 Å². The van der Waals surface area contributed by atoms with Crippen molar-refractivity contribution in [3.05, 3.63) is 0 Å². The smallest absolute Gasteiger partial charge is 0.324 e. The van der Waals surface area contributed by atoms with E-state index in [9.17, 15) is 18.3 Å². The van der Waals surface area contributed by atoms with Crippen molar-refractivity contribution in [2.75, 3.05) is 38.2 Å². The molecular formula is C6H20N2Na5O12P4+5. The zero-order chi connectivity index (χ0) is 19.4. The summed E-state index contributed by atoms with van der Waals surface area (Å²) in [5.41, 5.74) is 0. The third-order valence-corrected chi connectivity index (χ3v) is 5.34. The Kier molecular flexibility index (Phi) is 33.8. The standard InChI is InChI=1S/C6H20N2O12P4.5Na/c9-21(10,11)3-7(4-22(12,13)14)1-2-8(5-23(15,16)17)6-24(18,19)20;;;;;/h1-6H2,(H2,9,10,11)(H2,12,13,14)(H2,15,16,17)(H2,18,19,20);;;;;/q;5*+1. The summed E-state index contributed by atoms with van der Waals surface area (Å²) in [5.74, 6) is 0. The quantitative estimate of drug-likeness (QED) is 0.0880. The Morgan fingerprint density at radius 2 is 0.552 bits per heavy atom. The summed E-state index contributed by atoms with van der Waals surface area (Å²) in [6.07, 6.45) is -4.18. The molecule has 0 fully saturated rings. The fourth-order valence-corrected chi connectivity index (χ4v) is 5.06. The Morgan fingerprint density at radius 1 is 0.414 bits per heavy atom. The topological polar surface area (TPSA) is 237 Å². The molecule has 0 bridgehead atoms. The zero-order valence-corrected chi connectivity index (χ0v) is 30.7. The molecule has 0 saturated heterocycles. The molecule has 0 unspecified atom stereocenters. The first-order chi connectivity index (χ1) is 10.4. The predicted octanol–water partition coefficient (Wildman–Crippen LogP) is -16.8. The molecule has 0 radical (unpaired) electrons. The van der Waals surface area contributed by atoms with Gasteiger partial charge < -0.3 is 39.1 Å². The molecule has 0 aromatic rings. The molecule has 0 aliphatic carbocycles. The molecule has 29 heavy (non-hydrogen) atoms. The van der Waals surface area contributed by atoms with Crippen LogP contribution in [0.5, 0.6) is 0 Å². The molecule has 0 aliphatic rings. The molecule has 0 rings (SSSR count).